The van der Waals surface area contributed by atoms with E-state index in [1.165, 1.54) is 11.8 Å². The Bertz CT molecular complexity index is 1150. The fourth-order valence-electron chi connectivity index (χ4n) is 3.28. The van der Waals surface area contributed by atoms with Crippen LogP contribution < -0.4 is 5.32 Å². The molecular formula is C23H18N4O. The monoisotopic (exact) mass is 366 g/mol. The van der Waals surface area contributed by atoms with Crippen molar-refractivity contribution in [1.82, 2.24) is 4.98 Å². The zero-order valence-electron chi connectivity index (χ0n) is 15.7. The van der Waals surface area contributed by atoms with E-state index >= 15 is 0 Å². The first kappa shape index (κ1) is 17.6. The van der Waals surface area contributed by atoms with Gasteiger partial charge in [-0.25, -0.2) is 4.98 Å². The number of rotatable bonds is 3. The maximum atomic E-state index is 12.6. The third-order valence-electron chi connectivity index (χ3n) is 4.78. The lowest BCUT2D eigenvalue weighted by atomic mass is 9.99. The highest BCUT2D eigenvalue weighted by Crippen LogP contribution is 2.26. The van der Waals surface area contributed by atoms with Crippen molar-refractivity contribution >= 4 is 17.3 Å². The molecule has 0 bridgehead atoms. The van der Waals surface area contributed by atoms with Crippen LogP contribution in [0.15, 0.2) is 59.7 Å². The van der Waals surface area contributed by atoms with Gasteiger partial charge in [-0.1, -0.05) is 35.9 Å². The Morgan fingerprint density at radius 1 is 1.11 bits per heavy atom. The van der Waals surface area contributed by atoms with Gasteiger partial charge in [0.05, 0.1) is 17.8 Å². The number of carbonyl (C=O) groups is 1. The van der Waals surface area contributed by atoms with E-state index in [1.54, 1.807) is 13.0 Å². The zero-order chi connectivity index (χ0) is 19.7. The number of hydrogen-bond acceptors (Lipinski definition) is 4. The molecule has 4 rings (SSSR count). The number of fused-ring (bicyclic) bond motifs is 1. The van der Waals surface area contributed by atoms with Crippen molar-refractivity contribution in [2.45, 2.75) is 20.4 Å². The molecule has 136 valence electrons. The molecule has 1 N–H and O–H groups in total. The van der Waals surface area contributed by atoms with Crippen molar-refractivity contribution < 1.29 is 4.79 Å². The van der Waals surface area contributed by atoms with E-state index in [-0.39, 0.29) is 5.91 Å². The number of anilines is 1. The van der Waals surface area contributed by atoms with Gasteiger partial charge in [-0.3, -0.25) is 9.79 Å². The summed E-state index contributed by atoms with van der Waals surface area (Å²) in [6.07, 6.45) is 1.41. The van der Waals surface area contributed by atoms with Crippen molar-refractivity contribution in [3.63, 3.8) is 0 Å². The molecule has 1 aromatic heterocycles. The molecule has 0 atom stereocenters. The van der Waals surface area contributed by atoms with Gasteiger partial charge >= 0.3 is 0 Å². The molecule has 28 heavy (non-hydrogen) atoms. The van der Waals surface area contributed by atoms with E-state index < -0.39 is 0 Å². The summed E-state index contributed by atoms with van der Waals surface area (Å²) >= 11 is 0. The summed E-state index contributed by atoms with van der Waals surface area (Å²) in [7, 11) is 0. The number of nitrogens with zero attached hydrogens (tertiary/aromatic N) is 3. The summed E-state index contributed by atoms with van der Waals surface area (Å²) in [5.74, 6) is -0.297. The molecule has 0 radical (unpaired) electrons. The number of aromatic nitrogens is 1. The average Bonchev–Trinajstić information content (AvgIpc) is 3.11. The third kappa shape index (κ3) is 3.28. The van der Waals surface area contributed by atoms with E-state index in [9.17, 15) is 4.79 Å². The van der Waals surface area contributed by atoms with Crippen LogP contribution in [0.1, 0.15) is 43.9 Å². The topological polar surface area (TPSA) is 78.1 Å². The molecule has 1 aliphatic rings. The second-order valence-corrected chi connectivity index (χ2v) is 6.86. The minimum absolute atomic E-state index is 0.297. The SMILES string of the molecule is Cc1ccc(C2=NCc3ccc(NC(=O)c4ncc(C#N)cc4C)cc32)cc1. The van der Waals surface area contributed by atoms with Crippen LogP contribution in [-0.2, 0) is 6.54 Å². The first-order chi connectivity index (χ1) is 13.5. The Morgan fingerprint density at radius 3 is 2.61 bits per heavy atom. The normalized spacial score (nSPS) is 12.1. The van der Waals surface area contributed by atoms with Crippen molar-refractivity contribution in [3.8, 4) is 6.07 Å². The number of pyridine rings is 1. The summed E-state index contributed by atoms with van der Waals surface area (Å²) in [5, 5.41) is 11.9. The molecule has 5 heteroatoms. The summed E-state index contributed by atoms with van der Waals surface area (Å²) in [6.45, 7) is 4.47. The Kier molecular flexibility index (Phi) is 4.46. The lowest BCUT2D eigenvalue weighted by molar-refractivity contribution is 0.102. The predicted molar refractivity (Wildman–Crippen MR) is 109 cm³/mol. The quantitative estimate of drug-likeness (QED) is 0.755. The number of aliphatic imine (C=N–C) groups is 1. The molecule has 1 aliphatic heterocycles. The summed E-state index contributed by atoms with van der Waals surface area (Å²) in [4.78, 5) is 21.4. The lowest BCUT2D eigenvalue weighted by Crippen LogP contribution is -2.16. The number of nitrogens with one attached hydrogen (secondary N) is 1. The minimum Gasteiger partial charge on any atom is -0.321 e. The first-order valence-electron chi connectivity index (χ1n) is 8.98. The molecule has 0 spiro atoms. The van der Waals surface area contributed by atoms with Crippen molar-refractivity contribution in [2.24, 2.45) is 4.99 Å². The predicted octanol–water partition coefficient (Wildman–Crippen LogP) is 4.17. The van der Waals surface area contributed by atoms with Gasteiger partial charge in [-0.15, -0.1) is 0 Å². The molecule has 0 saturated heterocycles. The van der Waals surface area contributed by atoms with Crippen LogP contribution in [0.2, 0.25) is 0 Å². The molecule has 0 fully saturated rings. The Morgan fingerprint density at radius 2 is 1.89 bits per heavy atom. The number of benzene rings is 2. The van der Waals surface area contributed by atoms with Crippen molar-refractivity contribution in [1.29, 1.82) is 5.26 Å². The number of aryl methyl sites for hydroxylation is 2. The first-order valence-corrected chi connectivity index (χ1v) is 8.98. The van der Waals surface area contributed by atoms with E-state index in [1.807, 2.05) is 24.3 Å². The van der Waals surface area contributed by atoms with Gasteiger partial charge in [-0.05, 0) is 43.2 Å². The van der Waals surface area contributed by atoms with Crippen LogP contribution in [0.5, 0.6) is 0 Å². The maximum Gasteiger partial charge on any atom is 0.274 e. The standard InChI is InChI=1S/C23H18N4O/c1-14-3-5-17(6-4-14)22-20-10-19(8-7-18(20)13-26-22)27-23(28)21-15(2)9-16(11-24)12-25-21/h3-10,12H,13H2,1-2H3,(H,27,28). The van der Waals surface area contributed by atoms with E-state index in [0.717, 1.165) is 22.4 Å². The maximum absolute atomic E-state index is 12.6. The van der Waals surface area contributed by atoms with Crippen LogP contribution in [0.4, 0.5) is 5.69 Å². The van der Waals surface area contributed by atoms with Gasteiger partial charge < -0.3 is 5.32 Å². The molecule has 3 aromatic rings. The molecule has 0 saturated carbocycles. The van der Waals surface area contributed by atoms with Crippen molar-refractivity contribution in [3.05, 3.63) is 93.8 Å². The van der Waals surface area contributed by atoms with E-state index in [2.05, 4.69) is 46.5 Å². The molecule has 1 amide bonds. The molecular weight excluding hydrogens is 348 g/mol. The highest BCUT2D eigenvalue weighted by molar-refractivity contribution is 6.16. The van der Waals surface area contributed by atoms with Gasteiger partial charge in [0, 0.05) is 23.0 Å². The smallest absolute Gasteiger partial charge is 0.274 e. The Balaban J connectivity index is 1.60. The summed E-state index contributed by atoms with van der Waals surface area (Å²) in [5.41, 5.74) is 7.49. The third-order valence-corrected chi connectivity index (χ3v) is 4.78. The molecule has 0 unspecified atom stereocenters. The van der Waals surface area contributed by atoms with E-state index in [0.29, 0.717) is 29.1 Å². The Labute approximate surface area is 163 Å². The molecule has 0 aliphatic carbocycles. The van der Waals surface area contributed by atoms with Crippen LogP contribution in [0.3, 0.4) is 0 Å². The van der Waals surface area contributed by atoms with Gasteiger partial charge in [0.2, 0.25) is 0 Å². The van der Waals surface area contributed by atoms with Crippen LogP contribution in [0, 0.1) is 25.2 Å². The van der Waals surface area contributed by atoms with E-state index in [4.69, 9.17) is 5.26 Å². The number of amides is 1. The van der Waals surface area contributed by atoms with Crippen LogP contribution in [0.25, 0.3) is 0 Å². The number of hydrogen-bond donors (Lipinski definition) is 1. The molecule has 5 nitrogen and oxygen atoms in total. The fourth-order valence-corrected chi connectivity index (χ4v) is 3.28. The van der Waals surface area contributed by atoms with Gasteiger partial charge in [0.1, 0.15) is 11.8 Å². The second-order valence-electron chi connectivity index (χ2n) is 6.86. The number of nitriles is 1. The molecule has 2 aromatic carbocycles. The lowest BCUT2D eigenvalue weighted by Gasteiger charge is -2.10. The minimum atomic E-state index is -0.297. The largest absolute Gasteiger partial charge is 0.321 e. The summed E-state index contributed by atoms with van der Waals surface area (Å²) < 4.78 is 0. The highest BCUT2D eigenvalue weighted by atomic mass is 16.1. The second kappa shape index (κ2) is 7.09. The average molecular weight is 366 g/mol. The molecule has 2 heterocycles. The van der Waals surface area contributed by atoms with Crippen LogP contribution >= 0.6 is 0 Å². The van der Waals surface area contributed by atoms with Gasteiger partial charge in [0.25, 0.3) is 5.91 Å². The Hall–Kier alpha value is -3.78. The highest BCUT2D eigenvalue weighted by Gasteiger charge is 2.19. The van der Waals surface area contributed by atoms with Crippen molar-refractivity contribution in [2.75, 3.05) is 5.32 Å². The number of carbonyl (C=O) groups excluding carboxylic acids is 1. The van der Waals surface area contributed by atoms with Crippen LogP contribution in [-0.4, -0.2) is 16.6 Å². The van der Waals surface area contributed by atoms with Gasteiger partial charge in [0.15, 0.2) is 0 Å². The summed E-state index contributed by atoms with van der Waals surface area (Å²) in [6, 6.07) is 17.8. The zero-order valence-corrected chi connectivity index (χ0v) is 15.7. The van der Waals surface area contributed by atoms with Gasteiger partial charge in [-0.2, -0.15) is 5.26 Å². The fraction of sp³-hybridized carbons (Fsp3) is 0.130.